The summed E-state index contributed by atoms with van der Waals surface area (Å²) in [5.74, 6) is -1.37. The second kappa shape index (κ2) is 8.73. The fraction of sp³-hybridized carbons (Fsp3) is 0.667. The van der Waals surface area contributed by atoms with Crippen LogP contribution >= 0.6 is 0 Å². The van der Waals surface area contributed by atoms with Crippen molar-refractivity contribution in [2.24, 2.45) is 5.73 Å². The molecule has 18 heteroatoms. The highest BCUT2D eigenvalue weighted by Crippen LogP contribution is 2.30. The molecule has 0 unspecified atom stereocenters. The molecule has 30 heavy (non-hydrogen) atoms. The number of nitrogens with two attached hydrogens (primary N) is 1. The van der Waals surface area contributed by atoms with E-state index in [0.717, 1.165) is 9.58 Å². The first-order valence-electron chi connectivity index (χ1n) is 8.64. The number of urea groups is 1. The molecular weight excluding hydrogens is 430 g/mol. The SMILES string of the molecule is NCCOc1nnnn1CC(=O)NNC(=O)[C@@H]1CC[C@@H]2CN1C(=O)N2OS(=O)(=O)O. The normalized spacial score (nSPS) is 20.9. The van der Waals surface area contributed by atoms with Crippen molar-refractivity contribution in [1.29, 1.82) is 0 Å². The van der Waals surface area contributed by atoms with Crippen molar-refractivity contribution in [2.75, 3.05) is 19.7 Å². The topological polar surface area (TPSA) is 224 Å². The predicted octanol–water partition coefficient (Wildman–Crippen LogP) is -3.84. The number of fused-ring (bicyclic) bond motifs is 2. The maximum atomic E-state index is 12.4. The minimum absolute atomic E-state index is 0.0207. The lowest BCUT2D eigenvalue weighted by molar-refractivity contribution is -0.132. The van der Waals surface area contributed by atoms with Crippen LogP contribution < -0.4 is 21.3 Å². The minimum atomic E-state index is -4.89. The zero-order chi connectivity index (χ0) is 21.9. The van der Waals surface area contributed by atoms with E-state index in [-0.39, 0.29) is 45.1 Å². The second-order valence-corrected chi connectivity index (χ2v) is 7.31. The van der Waals surface area contributed by atoms with Crippen molar-refractivity contribution < 1.29 is 36.4 Å². The summed E-state index contributed by atoms with van der Waals surface area (Å²) >= 11 is 0. The molecule has 4 amide bonds. The number of nitrogens with zero attached hydrogens (tertiary/aromatic N) is 6. The van der Waals surface area contributed by atoms with Gasteiger partial charge < -0.3 is 15.4 Å². The molecule has 0 saturated carbocycles. The van der Waals surface area contributed by atoms with Crippen molar-refractivity contribution in [3.8, 4) is 6.01 Å². The highest BCUT2D eigenvalue weighted by atomic mass is 32.3. The Bertz CT molecular complexity index is 921. The van der Waals surface area contributed by atoms with Gasteiger partial charge in [0.15, 0.2) is 0 Å². The van der Waals surface area contributed by atoms with Gasteiger partial charge in [-0.05, 0) is 23.3 Å². The van der Waals surface area contributed by atoms with Crippen molar-refractivity contribution in [1.82, 2.24) is 41.0 Å². The Balaban J connectivity index is 1.53. The van der Waals surface area contributed by atoms with E-state index in [1.165, 1.54) is 0 Å². The average Bonchev–Trinajstić information content (AvgIpc) is 3.21. The highest BCUT2D eigenvalue weighted by Gasteiger charge is 2.49. The van der Waals surface area contributed by atoms with Crippen molar-refractivity contribution in [2.45, 2.75) is 31.5 Å². The molecule has 1 aromatic rings. The summed E-state index contributed by atoms with van der Waals surface area (Å²) in [4.78, 5) is 37.8. The third-order valence-electron chi connectivity index (χ3n) is 4.27. The van der Waals surface area contributed by atoms with E-state index in [0.29, 0.717) is 5.06 Å². The van der Waals surface area contributed by atoms with Gasteiger partial charge in [0.2, 0.25) is 0 Å². The first kappa shape index (κ1) is 21.6. The molecule has 0 aliphatic carbocycles. The lowest BCUT2D eigenvalue weighted by Gasteiger charge is -2.29. The summed E-state index contributed by atoms with van der Waals surface area (Å²) < 4.78 is 41.0. The molecule has 5 N–H and O–H groups in total. The number of piperidine rings is 1. The molecule has 2 atom stereocenters. The lowest BCUT2D eigenvalue weighted by Crippen LogP contribution is -2.54. The van der Waals surface area contributed by atoms with Crippen LogP contribution in [0, 0.1) is 0 Å². The van der Waals surface area contributed by atoms with Crippen LogP contribution in [-0.4, -0.2) is 92.8 Å². The van der Waals surface area contributed by atoms with Gasteiger partial charge in [0.25, 0.3) is 11.8 Å². The van der Waals surface area contributed by atoms with Crippen molar-refractivity contribution >= 4 is 28.2 Å². The molecule has 2 fully saturated rings. The largest absolute Gasteiger partial charge is 0.461 e. The third-order valence-corrected chi connectivity index (χ3v) is 4.62. The predicted molar refractivity (Wildman–Crippen MR) is 92.0 cm³/mol. The van der Waals surface area contributed by atoms with E-state index in [9.17, 15) is 22.8 Å². The smallest absolute Gasteiger partial charge is 0.418 e. The molecule has 2 aliphatic rings. The number of tetrazole rings is 1. The van der Waals surface area contributed by atoms with Gasteiger partial charge >= 0.3 is 22.4 Å². The molecule has 2 aliphatic heterocycles. The van der Waals surface area contributed by atoms with E-state index in [1.54, 1.807) is 0 Å². The Kier molecular flexibility index (Phi) is 6.29. The molecule has 0 aromatic carbocycles. The number of rotatable bonds is 8. The van der Waals surface area contributed by atoms with Crippen LogP contribution in [0.25, 0.3) is 0 Å². The fourth-order valence-electron chi connectivity index (χ4n) is 3.04. The third kappa shape index (κ3) is 4.90. The van der Waals surface area contributed by atoms with Crippen molar-refractivity contribution in [3.05, 3.63) is 0 Å². The average molecular weight is 449 g/mol. The number of aromatic nitrogens is 4. The number of ether oxygens (including phenoxy) is 1. The van der Waals surface area contributed by atoms with Crippen LogP contribution in [0.15, 0.2) is 0 Å². The van der Waals surface area contributed by atoms with Crippen molar-refractivity contribution in [3.63, 3.8) is 0 Å². The first-order chi connectivity index (χ1) is 14.2. The zero-order valence-electron chi connectivity index (χ0n) is 15.4. The number of hydrogen-bond acceptors (Lipinski definition) is 11. The van der Waals surface area contributed by atoms with Crippen LogP contribution in [0.1, 0.15) is 12.8 Å². The van der Waals surface area contributed by atoms with E-state index in [4.69, 9.17) is 15.0 Å². The van der Waals surface area contributed by atoms with Gasteiger partial charge in [0.05, 0.1) is 6.04 Å². The van der Waals surface area contributed by atoms with E-state index < -0.39 is 40.3 Å². The Morgan fingerprint density at radius 2 is 2.07 bits per heavy atom. The number of carbonyl (C=O) groups excluding carboxylic acids is 3. The monoisotopic (exact) mass is 449 g/mol. The van der Waals surface area contributed by atoms with E-state index in [2.05, 4.69) is 30.7 Å². The fourth-order valence-corrected chi connectivity index (χ4v) is 3.43. The van der Waals surface area contributed by atoms with Crippen LogP contribution in [0.5, 0.6) is 6.01 Å². The lowest BCUT2D eigenvalue weighted by atomic mass is 10.0. The van der Waals surface area contributed by atoms with Crippen LogP contribution in [-0.2, 0) is 30.8 Å². The van der Waals surface area contributed by atoms with E-state index in [1.807, 2.05) is 0 Å². The van der Waals surface area contributed by atoms with Crippen LogP contribution in [0.4, 0.5) is 4.79 Å². The standard InChI is InChI=1S/C12H19N9O8S/c13-3-4-28-11-16-17-18-20(11)6-9(22)14-15-10(23)8-2-1-7-5-19(8)12(24)21(7)29-30(25,26)27/h7-8H,1-6,13H2,(H,14,22)(H,15,23)(H,25,26,27)/t7-,8+/m1/s1. The quantitative estimate of drug-likeness (QED) is 0.221. The summed E-state index contributed by atoms with van der Waals surface area (Å²) in [6.07, 6.45) is 0.434. The van der Waals surface area contributed by atoms with Gasteiger partial charge in [-0.2, -0.15) is 18.2 Å². The summed E-state index contributed by atoms with van der Waals surface area (Å²) in [5, 5.41) is 11.0. The molecule has 3 heterocycles. The summed E-state index contributed by atoms with van der Waals surface area (Å²) in [6.45, 7) is 0.0221. The minimum Gasteiger partial charge on any atom is -0.461 e. The van der Waals surface area contributed by atoms with Crippen LogP contribution in [0.2, 0.25) is 0 Å². The molecule has 2 saturated heterocycles. The summed E-state index contributed by atoms with van der Waals surface area (Å²) in [5.41, 5.74) is 9.67. The number of nitrogens with one attached hydrogen (secondary N) is 2. The molecular formula is C12H19N9O8S. The maximum Gasteiger partial charge on any atom is 0.418 e. The molecule has 17 nitrogen and oxygen atoms in total. The summed E-state index contributed by atoms with van der Waals surface area (Å²) in [7, 11) is -4.89. The van der Waals surface area contributed by atoms with Gasteiger partial charge in [0.1, 0.15) is 19.2 Å². The Hall–Kier alpha value is -3.09. The van der Waals surface area contributed by atoms with E-state index >= 15 is 0 Å². The Morgan fingerprint density at radius 1 is 1.30 bits per heavy atom. The second-order valence-electron chi connectivity index (χ2n) is 6.30. The van der Waals surface area contributed by atoms with Gasteiger partial charge in [-0.1, -0.05) is 5.10 Å². The first-order valence-corrected chi connectivity index (χ1v) is 10.0. The van der Waals surface area contributed by atoms with Gasteiger partial charge in [-0.3, -0.25) is 25.0 Å². The van der Waals surface area contributed by atoms with Crippen LogP contribution in [0.3, 0.4) is 0 Å². The number of carbonyl (C=O) groups is 3. The Morgan fingerprint density at radius 3 is 2.77 bits per heavy atom. The maximum absolute atomic E-state index is 12.4. The number of hydrazine groups is 1. The molecule has 2 bridgehead atoms. The molecule has 0 radical (unpaired) electrons. The highest BCUT2D eigenvalue weighted by molar-refractivity contribution is 7.80. The summed E-state index contributed by atoms with van der Waals surface area (Å²) in [6, 6.07) is -2.52. The van der Waals surface area contributed by atoms with Gasteiger partial charge in [-0.25, -0.2) is 4.79 Å². The van der Waals surface area contributed by atoms with Gasteiger partial charge in [0, 0.05) is 13.1 Å². The molecule has 166 valence electrons. The molecule has 0 spiro atoms. The van der Waals surface area contributed by atoms with Gasteiger partial charge in [-0.15, -0.1) is 4.28 Å². The molecule has 1 aromatic heterocycles. The zero-order valence-corrected chi connectivity index (χ0v) is 16.2. The molecule has 3 rings (SSSR count). The number of hydrogen-bond donors (Lipinski definition) is 4. The number of amides is 4. The number of hydroxylamine groups is 2. The Labute approximate surface area is 169 Å².